The molecule has 0 saturated heterocycles. The number of benzene rings is 1. The average Bonchev–Trinajstić information content (AvgIpc) is 2.43. The summed E-state index contributed by atoms with van der Waals surface area (Å²) in [4.78, 5) is 22.4. The molecule has 0 radical (unpaired) electrons. The molecule has 2 heterocycles. The molecular weight excluding hydrogens is 226 g/mol. The van der Waals surface area contributed by atoms with Crippen LogP contribution in [0, 0.1) is 0 Å². The van der Waals surface area contributed by atoms with E-state index in [0.29, 0.717) is 12.4 Å². The molecule has 0 fully saturated rings. The zero-order chi connectivity index (χ0) is 12.4. The molecule has 0 saturated carbocycles. The van der Waals surface area contributed by atoms with Crippen molar-refractivity contribution in [2.75, 3.05) is 6.54 Å². The van der Waals surface area contributed by atoms with E-state index in [4.69, 9.17) is 0 Å². The Labute approximate surface area is 105 Å². The van der Waals surface area contributed by atoms with Crippen molar-refractivity contribution in [2.24, 2.45) is 0 Å². The van der Waals surface area contributed by atoms with Crippen molar-refractivity contribution in [3.05, 3.63) is 59.7 Å². The Morgan fingerprint density at radius 2 is 1.89 bits per heavy atom. The van der Waals surface area contributed by atoms with Gasteiger partial charge in [-0.1, -0.05) is 18.2 Å². The number of carbonyl (C=O) groups excluding carboxylic acids is 1. The van der Waals surface area contributed by atoms with Crippen LogP contribution in [0.2, 0.25) is 0 Å². The number of hydrogen-bond donors (Lipinski definition) is 0. The molecule has 1 aliphatic rings. The summed E-state index contributed by atoms with van der Waals surface area (Å²) in [7, 11) is 0. The predicted octanol–water partition coefficient (Wildman–Crippen LogP) is 1.68. The van der Waals surface area contributed by atoms with Gasteiger partial charge in [0.2, 0.25) is 0 Å². The Hall–Kier alpha value is -2.23. The van der Waals surface area contributed by atoms with E-state index < -0.39 is 0 Å². The summed E-state index contributed by atoms with van der Waals surface area (Å²) in [6.45, 7) is 1.21. The van der Waals surface area contributed by atoms with Crippen molar-refractivity contribution >= 4 is 5.91 Å². The summed E-state index contributed by atoms with van der Waals surface area (Å²) in [5, 5.41) is 0. The zero-order valence-electron chi connectivity index (χ0n) is 9.91. The predicted molar refractivity (Wildman–Crippen MR) is 66.9 cm³/mol. The van der Waals surface area contributed by atoms with Gasteiger partial charge in [0.05, 0.1) is 6.54 Å². The number of nitrogens with zero attached hydrogens (tertiary/aromatic N) is 3. The van der Waals surface area contributed by atoms with Gasteiger partial charge in [0.25, 0.3) is 5.91 Å². The Kier molecular flexibility index (Phi) is 2.76. The van der Waals surface area contributed by atoms with Crippen molar-refractivity contribution in [2.45, 2.75) is 13.0 Å². The van der Waals surface area contributed by atoms with Crippen LogP contribution in [0.25, 0.3) is 0 Å². The van der Waals surface area contributed by atoms with Gasteiger partial charge in [-0.2, -0.15) is 0 Å². The van der Waals surface area contributed by atoms with Crippen molar-refractivity contribution < 1.29 is 4.79 Å². The number of aromatic nitrogens is 2. The third kappa shape index (κ3) is 1.97. The summed E-state index contributed by atoms with van der Waals surface area (Å²) in [5.41, 5.74) is 1.94. The van der Waals surface area contributed by atoms with Gasteiger partial charge in [0.15, 0.2) is 0 Å². The van der Waals surface area contributed by atoms with E-state index in [-0.39, 0.29) is 5.91 Å². The SMILES string of the molecule is O=C1c2ccccc2CCN1Cc1ncccn1. The van der Waals surface area contributed by atoms with Crippen LogP contribution in [0.1, 0.15) is 21.7 Å². The normalized spacial score (nSPS) is 14.4. The van der Waals surface area contributed by atoms with Crippen LogP contribution < -0.4 is 0 Å². The molecule has 2 aromatic rings. The van der Waals surface area contributed by atoms with Crippen molar-refractivity contribution in [1.29, 1.82) is 0 Å². The molecule has 0 N–H and O–H groups in total. The van der Waals surface area contributed by atoms with E-state index in [0.717, 1.165) is 24.1 Å². The molecule has 0 bridgehead atoms. The monoisotopic (exact) mass is 239 g/mol. The fraction of sp³-hybridized carbons (Fsp3) is 0.214. The second-order valence-corrected chi connectivity index (χ2v) is 4.30. The fourth-order valence-corrected chi connectivity index (χ4v) is 2.21. The maximum atomic E-state index is 12.3. The van der Waals surface area contributed by atoms with Crippen LogP contribution in [0.3, 0.4) is 0 Å². The molecule has 0 spiro atoms. The van der Waals surface area contributed by atoms with Gasteiger partial charge in [0.1, 0.15) is 5.82 Å². The number of hydrogen-bond acceptors (Lipinski definition) is 3. The van der Waals surface area contributed by atoms with E-state index in [1.54, 1.807) is 23.4 Å². The van der Waals surface area contributed by atoms with Crippen LogP contribution in [0.5, 0.6) is 0 Å². The molecule has 1 aromatic heterocycles. The van der Waals surface area contributed by atoms with Gasteiger partial charge in [-0.15, -0.1) is 0 Å². The van der Waals surface area contributed by atoms with E-state index in [1.165, 1.54) is 0 Å². The van der Waals surface area contributed by atoms with Crippen LogP contribution >= 0.6 is 0 Å². The van der Waals surface area contributed by atoms with Gasteiger partial charge < -0.3 is 4.90 Å². The summed E-state index contributed by atoms with van der Waals surface area (Å²) in [6.07, 6.45) is 4.30. The van der Waals surface area contributed by atoms with Gasteiger partial charge >= 0.3 is 0 Å². The standard InChI is InChI=1S/C14H13N3O/c18-14-12-5-2-1-4-11(12)6-9-17(14)10-13-15-7-3-8-16-13/h1-5,7-8H,6,9-10H2. The molecule has 0 aliphatic carbocycles. The van der Waals surface area contributed by atoms with Crippen LogP contribution in [0.15, 0.2) is 42.7 Å². The first kappa shape index (κ1) is 10.9. The maximum absolute atomic E-state index is 12.3. The van der Waals surface area contributed by atoms with E-state index in [2.05, 4.69) is 9.97 Å². The van der Waals surface area contributed by atoms with Crippen LogP contribution in [0.4, 0.5) is 0 Å². The lowest BCUT2D eigenvalue weighted by molar-refractivity contribution is 0.0722. The molecule has 0 atom stereocenters. The molecular formula is C14H13N3O. The Balaban J connectivity index is 1.83. The maximum Gasteiger partial charge on any atom is 0.254 e. The van der Waals surface area contributed by atoms with E-state index in [9.17, 15) is 4.79 Å². The minimum atomic E-state index is 0.0734. The van der Waals surface area contributed by atoms with Crippen LogP contribution in [-0.2, 0) is 13.0 Å². The second-order valence-electron chi connectivity index (χ2n) is 4.30. The number of rotatable bonds is 2. The summed E-state index contributed by atoms with van der Waals surface area (Å²) in [5.74, 6) is 0.759. The lowest BCUT2D eigenvalue weighted by Gasteiger charge is -2.27. The molecule has 4 heteroatoms. The molecule has 18 heavy (non-hydrogen) atoms. The average molecular weight is 239 g/mol. The van der Waals surface area contributed by atoms with Gasteiger partial charge in [0, 0.05) is 24.5 Å². The highest BCUT2D eigenvalue weighted by Gasteiger charge is 2.24. The zero-order valence-corrected chi connectivity index (χ0v) is 9.91. The fourth-order valence-electron chi connectivity index (χ4n) is 2.21. The first-order valence-electron chi connectivity index (χ1n) is 5.97. The Morgan fingerprint density at radius 1 is 1.11 bits per heavy atom. The third-order valence-electron chi connectivity index (χ3n) is 3.14. The number of amides is 1. The second kappa shape index (κ2) is 4.56. The topological polar surface area (TPSA) is 46.1 Å². The highest BCUT2D eigenvalue weighted by molar-refractivity contribution is 5.96. The lowest BCUT2D eigenvalue weighted by atomic mass is 9.99. The Bertz CT molecular complexity index is 568. The molecule has 1 aliphatic heterocycles. The molecule has 3 rings (SSSR count). The van der Waals surface area contributed by atoms with Gasteiger partial charge in [-0.3, -0.25) is 4.79 Å². The van der Waals surface area contributed by atoms with Crippen molar-refractivity contribution in [3.8, 4) is 0 Å². The first-order valence-corrected chi connectivity index (χ1v) is 5.97. The Morgan fingerprint density at radius 3 is 2.72 bits per heavy atom. The van der Waals surface area contributed by atoms with Crippen molar-refractivity contribution in [1.82, 2.24) is 14.9 Å². The summed E-state index contributed by atoms with van der Waals surface area (Å²) < 4.78 is 0. The highest BCUT2D eigenvalue weighted by Crippen LogP contribution is 2.19. The smallest absolute Gasteiger partial charge is 0.254 e. The van der Waals surface area contributed by atoms with Gasteiger partial charge in [-0.25, -0.2) is 9.97 Å². The number of carbonyl (C=O) groups is 1. The molecule has 90 valence electrons. The molecule has 0 unspecified atom stereocenters. The highest BCUT2D eigenvalue weighted by atomic mass is 16.2. The molecule has 1 aromatic carbocycles. The van der Waals surface area contributed by atoms with Gasteiger partial charge in [-0.05, 0) is 24.1 Å². The van der Waals surface area contributed by atoms with E-state index in [1.807, 2.05) is 24.3 Å². The molecule has 1 amide bonds. The minimum Gasteiger partial charge on any atom is -0.331 e. The molecule has 4 nitrogen and oxygen atoms in total. The lowest BCUT2D eigenvalue weighted by Crippen LogP contribution is -2.37. The van der Waals surface area contributed by atoms with Crippen molar-refractivity contribution in [3.63, 3.8) is 0 Å². The quantitative estimate of drug-likeness (QED) is 0.801. The van der Waals surface area contributed by atoms with E-state index >= 15 is 0 Å². The third-order valence-corrected chi connectivity index (χ3v) is 3.14. The van der Waals surface area contributed by atoms with Crippen LogP contribution in [-0.4, -0.2) is 27.3 Å². The summed E-state index contributed by atoms with van der Waals surface area (Å²) in [6, 6.07) is 9.55. The largest absolute Gasteiger partial charge is 0.331 e. The number of fused-ring (bicyclic) bond motifs is 1. The minimum absolute atomic E-state index is 0.0734. The summed E-state index contributed by atoms with van der Waals surface area (Å²) >= 11 is 0. The first-order chi connectivity index (χ1) is 8.84.